The number of nitrogens with zero attached hydrogens (tertiary/aromatic N) is 2. The summed E-state index contributed by atoms with van der Waals surface area (Å²) in [4.78, 5) is 36.5. The number of benzene rings is 1. The molecule has 1 fully saturated rings. The van der Waals surface area contributed by atoms with Crippen LogP contribution in [0.5, 0.6) is 0 Å². The monoisotopic (exact) mass is 436 g/mol. The first-order valence-corrected chi connectivity index (χ1v) is 11.9. The lowest BCUT2D eigenvalue weighted by Crippen LogP contribution is -2.35. The second-order valence-corrected chi connectivity index (χ2v) is 10.4. The Bertz CT molecular complexity index is 1200. The van der Waals surface area contributed by atoms with E-state index in [1.165, 1.54) is 22.2 Å². The fourth-order valence-electron chi connectivity index (χ4n) is 4.30. The molecule has 3 aromatic rings. The van der Waals surface area contributed by atoms with E-state index in [4.69, 9.17) is 0 Å². The van der Waals surface area contributed by atoms with E-state index in [2.05, 4.69) is 20.6 Å². The number of rotatable bonds is 4. The van der Waals surface area contributed by atoms with Crippen molar-refractivity contribution < 1.29 is 9.59 Å². The van der Waals surface area contributed by atoms with E-state index in [9.17, 15) is 9.59 Å². The number of amides is 1. The molecule has 2 aromatic heterocycles. The molecular weight excluding hydrogens is 416 g/mol. The summed E-state index contributed by atoms with van der Waals surface area (Å²) in [6, 6.07) is 6.45. The molecule has 1 amide bonds. The first-order valence-electron chi connectivity index (χ1n) is 10.3. The van der Waals surface area contributed by atoms with Gasteiger partial charge in [0.1, 0.15) is 17.0 Å². The van der Waals surface area contributed by atoms with Crippen LogP contribution in [0, 0.1) is 5.92 Å². The summed E-state index contributed by atoms with van der Waals surface area (Å²) >= 11 is 2.99. The maximum atomic E-state index is 12.5. The molecule has 1 saturated carbocycles. The predicted octanol–water partition coefficient (Wildman–Crippen LogP) is 3.99. The average molecular weight is 437 g/mol. The first kappa shape index (κ1) is 18.3. The number of carbonyl (C=O) groups excluding carboxylic acids is 2. The number of nitrogens with one attached hydrogen (secondary N) is 2. The van der Waals surface area contributed by atoms with Crippen LogP contribution >= 0.6 is 23.1 Å². The summed E-state index contributed by atoms with van der Waals surface area (Å²) in [5.41, 5.74) is 3.29. The molecule has 0 saturated heterocycles. The third kappa shape index (κ3) is 3.28. The van der Waals surface area contributed by atoms with Gasteiger partial charge in [-0.1, -0.05) is 17.8 Å². The van der Waals surface area contributed by atoms with Crippen molar-refractivity contribution in [2.75, 3.05) is 5.32 Å². The van der Waals surface area contributed by atoms with Crippen molar-refractivity contribution in [2.24, 2.45) is 5.92 Å². The van der Waals surface area contributed by atoms with Crippen LogP contribution in [0.25, 0.3) is 10.2 Å². The van der Waals surface area contributed by atoms with E-state index in [1.54, 1.807) is 17.7 Å². The topological polar surface area (TPSA) is 84.0 Å². The fraction of sp³-hybridized carbons (Fsp3) is 0.364. The maximum Gasteiger partial charge on any atom is 0.223 e. The van der Waals surface area contributed by atoms with E-state index in [0.717, 1.165) is 64.3 Å². The molecule has 3 heterocycles. The Morgan fingerprint density at radius 1 is 1.17 bits per heavy atom. The van der Waals surface area contributed by atoms with Crippen molar-refractivity contribution >= 4 is 55.8 Å². The molecule has 1 aromatic carbocycles. The van der Waals surface area contributed by atoms with Gasteiger partial charge in [0.15, 0.2) is 5.12 Å². The number of anilines is 2. The lowest BCUT2D eigenvalue weighted by Gasteiger charge is -2.21. The van der Waals surface area contributed by atoms with E-state index < -0.39 is 0 Å². The summed E-state index contributed by atoms with van der Waals surface area (Å²) in [6.07, 6.45) is 6.85. The highest BCUT2D eigenvalue weighted by Gasteiger charge is 2.32. The van der Waals surface area contributed by atoms with Crippen molar-refractivity contribution in [3.63, 3.8) is 0 Å². The number of hydrogen-bond donors (Lipinski definition) is 2. The normalized spacial score (nSPS) is 20.1. The smallest absolute Gasteiger partial charge is 0.223 e. The molecule has 2 aliphatic carbocycles. The van der Waals surface area contributed by atoms with Crippen LogP contribution in [-0.4, -0.2) is 27.0 Å². The van der Waals surface area contributed by atoms with E-state index in [-0.39, 0.29) is 16.9 Å². The summed E-state index contributed by atoms with van der Waals surface area (Å²) in [5, 5.41) is 7.87. The van der Waals surface area contributed by atoms with E-state index in [0.29, 0.717) is 12.5 Å². The minimum absolute atomic E-state index is 0.0572. The van der Waals surface area contributed by atoms with Crippen LogP contribution in [0.15, 0.2) is 29.4 Å². The molecule has 2 N–H and O–H groups in total. The molecule has 3 aliphatic rings. The number of carbonyl (C=O) groups is 2. The highest BCUT2D eigenvalue weighted by Crippen LogP contribution is 2.41. The van der Waals surface area contributed by atoms with Crippen LogP contribution in [0.2, 0.25) is 0 Å². The molecule has 0 radical (unpaired) electrons. The van der Waals surface area contributed by atoms with Gasteiger partial charge >= 0.3 is 0 Å². The Kier molecular flexibility index (Phi) is 4.31. The summed E-state index contributed by atoms with van der Waals surface area (Å²) in [7, 11) is 0. The molecule has 1 atom stereocenters. The second-order valence-electron chi connectivity index (χ2n) is 8.23. The van der Waals surface area contributed by atoms with Crippen LogP contribution < -0.4 is 10.6 Å². The van der Waals surface area contributed by atoms with Crippen molar-refractivity contribution in [2.45, 2.75) is 49.5 Å². The minimum Gasteiger partial charge on any atom is -0.353 e. The number of aryl methyl sites for hydroxylation is 1. The van der Waals surface area contributed by atoms with Gasteiger partial charge in [-0.15, -0.1) is 11.3 Å². The summed E-state index contributed by atoms with van der Waals surface area (Å²) in [5.74, 6) is 1.06. The third-order valence-corrected chi connectivity index (χ3v) is 8.16. The van der Waals surface area contributed by atoms with E-state index in [1.807, 2.05) is 18.2 Å². The predicted molar refractivity (Wildman–Crippen MR) is 118 cm³/mol. The molecule has 1 unspecified atom stereocenters. The Labute approximate surface area is 181 Å². The number of fused-ring (bicyclic) bond motifs is 4. The zero-order valence-electron chi connectivity index (χ0n) is 16.2. The highest BCUT2D eigenvalue weighted by molar-refractivity contribution is 8.14. The lowest BCUT2D eigenvalue weighted by molar-refractivity contribution is -0.125. The van der Waals surface area contributed by atoms with Crippen molar-refractivity contribution in [1.29, 1.82) is 0 Å². The van der Waals surface area contributed by atoms with Gasteiger partial charge in [-0.2, -0.15) is 0 Å². The van der Waals surface area contributed by atoms with Crippen LogP contribution in [0.3, 0.4) is 0 Å². The third-order valence-electron chi connectivity index (χ3n) is 6.03. The molecular formula is C22H20N4O2S2. The quantitative estimate of drug-likeness (QED) is 0.643. The Morgan fingerprint density at radius 3 is 2.93 bits per heavy atom. The van der Waals surface area contributed by atoms with Gasteiger partial charge in [0, 0.05) is 33.8 Å². The van der Waals surface area contributed by atoms with Gasteiger partial charge in [0.05, 0.1) is 5.39 Å². The zero-order valence-corrected chi connectivity index (χ0v) is 17.9. The van der Waals surface area contributed by atoms with Gasteiger partial charge in [-0.05, 0) is 55.4 Å². The number of aromatic nitrogens is 2. The van der Waals surface area contributed by atoms with Crippen molar-refractivity contribution in [3.8, 4) is 0 Å². The molecule has 8 heteroatoms. The van der Waals surface area contributed by atoms with E-state index >= 15 is 0 Å². The van der Waals surface area contributed by atoms with Crippen LogP contribution in [0.4, 0.5) is 11.5 Å². The largest absolute Gasteiger partial charge is 0.353 e. The lowest BCUT2D eigenvalue weighted by atomic mass is 9.87. The summed E-state index contributed by atoms with van der Waals surface area (Å²) in [6.45, 7) is 0. The number of thiophene rings is 1. The average Bonchev–Trinajstić information content (AvgIpc) is 3.34. The first-order chi connectivity index (χ1) is 14.6. The van der Waals surface area contributed by atoms with Crippen LogP contribution in [-0.2, 0) is 28.9 Å². The standard InChI is InChI=1S/C22H20N4O2S2/c27-18-8-11-1-3-14(9-16(11)29-18)25-20-19-15-6-2-12(21(28)26-13-4-5-13)7-17(15)30-22(19)24-10-23-20/h1,3,9-10,12-13H,2,4-8H2,(H,26,28)(H,23,24,25). The molecule has 30 heavy (non-hydrogen) atoms. The van der Waals surface area contributed by atoms with Gasteiger partial charge in [0.25, 0.3) is 0 Å². The Morgan fingerprint density at radius 2 is 2.07 bits per heavy atom. The van der Waals surface area contributed by atoms with Gasteiger partial charge in [0.2, 0.25) is 5.91 Å². The fourth-order valence-corrected chi connectivity index (χ4v) is 6.50. The van der Waals surface area contributed by atoms with Crippen molar-refractivity contribution in [3.05, 3.63) is 40.5 Å². The van der Waals surface area contributed by atoms with Gasteiger partial charge in [-0.3, -0.25) is 9.59 Å². The molecule has 1 aliphatic heterocycles. The Balaban J connectivity index is 1.30. The number of thioether (sulfide) groups is 1. The Hall–Kier alpha value is -2.45. The molecule has 6 rings (SSSR count). The van der Waals surface area contributed by atoms with Crippen molar-refractivity contribution in [1.82, 2.24) is 15.3 Å². The minimum atomic E-state index is 0.0572. The maximum absolute atomic E-state index is 12.5. The van der Waals surface area contributed by atoms with Gasteiger partial charge in [-0.25, -0.2) is 9.97 Å². The molecule has 0 bridgehead atoms. The summed E-state index contributed by atoms with van der Waals surface area (Å²) < 4.78 is 0. The molecule has 0 spiro atoms. The molecule has 152 valence electrons. The van der Waals surface area contributed by atoms with Gasteiger partial charge < -0.3 is 10.6 Å². The molecule has 6 nitrogen and oxygen atoms in total. The number of hydrogen-bond acceptors (Lipinski definition) is 7. The highest BCUT2D eigenvalue weighted by atomic mass is 32.2. The second kappa shape index (κ2) is 7.06. The zero-order chi connectivity index (χ0) is 20.2. The van der Waals surface area contributed by atoms with Crippen LogP contribution in [0.1, 0.15) is 35.3 Å². The SMILES string of the molecule is O=C1Cc2ccc(Nc3ncnc4sc5c(c34)CCC(C(=O)NC3CC3)C5)cc2S1.